The van der Waals surface area contributed by atoms with Crippen LogP contribution in [-0.2, 0) is 0 Å². The fraction of sp³-hybridized carbons (Fsp3) is 0.400. The van der Waals surface area contributed by atoms with Crippen LogP contribution in [-0.4, -0.2) is 36.3 Å². The van der Waals surface area contributed by atoms with E-state index >= 15 is 0 Å². The lowest BCUT2D eigenvalue weighted by atomic mass is 10.1. The number of nitrogens with zero attached hydrogens (tertiary/aromatic N) is 3. The van der Waals surface area contributed by atoms with Crippen molar-refractivity contribution in [3.05, 3.63) is 41.4 Å². The van der Waals surface area contributed by atoms with E-state index < -0.39 is 6.10 Å². The predicted molar refractivity (Wildman–Crippen MR) is 83.6 cm³/mol. The van der Waals surface area contributed by atoms with E-state index in [9.17, 15) is 5.11 Å². The Balaban J connectivity index is 1.63. The van der Waals surface area contributed by atoms with E-state index in [4.69, 9.17) is 0 Å². The SMILES string of the molecule is CC(O)c1ccc(N2CCN(c3nccs3)CC2)cc1. The number of piperazine rings is 1. The van der Waals surface area contributed by atoms with E-state index in [1.54, 1.807) is 18.3 Å². The van der Waals surface area contributed by atoms with Gasteiger partial charge in [-0.25, -0.2) is 4.98 Å². The van der Waals surface area contributed by atoms with E-state index in [1.165, 1.54) is 5.69 Å². The van der Waals surface area contributed by atoms with Crippen LogP contribution in [0.1, 0.15) is 18.6 Å². The highest BCUT2D eigenvalue weighted by atomic mass is 32.1. The third-order valence-electron chi connectivity index (χ3n) is 3.71. The Hall–Kier alpha value is -1.59. The first-order valence-electron chi connectivity index (χ1n) is 6.91. The summed E-state index contributed by atoms with van der Waals surface area (Å²) in [5.41, 5.74) is 2.20. The van der Waals surface area contributed by atoms with Gasteiger partial charge in [0, 0.05) is 43.4 Å². The molecule has 0 amide bonds. The van der Waals surface area contributed by atoms with Gasteiger partial charge in [-0.3, -0.25) is 0 Å². The normalized spacial score (nSPS) is 17.3. The van der Waals surface area contributed by atoms with Crippen molar-refractivity contribution in [2.45, 2.75) is 13.0 Å². The lowest BCUT2D eigenvalue weighted by molar-refractivity contribution is 0.199. The van der Waals surface area contributed by atoms with Crippen molar-refractivity contribution in [2.24, 2.45) is 0 Å². The zero-order chi connectivity index (χ0) is 13.9. The molecular formula is C15H19N3OS. The van der Waals surface area contributed by atoms with Crippen molar-refractivity contribution in [3.8, 4) is 0 Å². The molecule has 0 saturated carbocycles. The van der Waals surface area contributed by atoms with Crippen LogP contribution in [0.15, 0.2) is 35.8 Å². The molecule has 2 heterocycles. The Morgan fingerprint density at radius 2 is 1.75 bits per heavy atom. The first kappa shape index (κ1) is 13.4. The van der Waals surface area contributed by atoms with E-state index in [-0.39, 0.29) is 0 Å². The first-order chi connectivity index (χ1) is 9.74. The molecule has 5 heteroatoms. The summed E-state index contributed by atoms with van der Waals surface area (Å²) in [6.07, 6.45) is 1.46. The molecule has 0 radical (unpaired) electrons. The molecule has 1 aliphatic heterocycles. The minimum absolute atomic E-state index is 0.397. The summed E-state index contributed by atoms with van der Waals surface area (Å²) in [7, 11) is 0. The van der Waals surface area contributed by atoms with Crippen molar-refractivity contribution in [1.29, 1.82) is 0 Å². The van der Waals surface area contributed by atoms with Gasteiger partial charge in [0.05, 0.1) is 6.10 Å². The van der Waals surface area contributed by atoms with Gasteiger partial charge in [-0.15, -0.1) is 11.3 Å². The standard InChI is InChI=1S/C15H19N3OS/c1-12(19)13-2-4-14(5-3-13)17-7-9-18(10-8-17)15-16-6-11-20-15/h2-6,11-12,19H,7-10H2,1H3. The number of anilines is 2. The zero-order valence-electron chi connectivity index (χ0n) is 11.6. The van der Waals surface area contributed by atoms with Crippen molar-refractivity contribution in [3.63, 3.8) is 0 Å². The summed E-state index contributed by atoms with van der Waals surface area (Å²) in [6, 6.07) is 8.21. The summed E-state index contributed by atoms with van der Waals surface area (Å²) < 4.78 is 0. The number of hydrogen-bond donors (Lipinski definition) is 1. The topological polar surface area (TPSA) is 39.6 Å². The molecule has 1 saturated heterocycles. The van der Waals surface area contributed by atoms with Gasteiger partial charge in [-0.1, -0.05) is 12.1 Å². The van der Waals surface area contributed by atoms with E-state index in [1.807, 2.05) is 23.7 Å². The second-order valence-corrected chi connectivity index (χ2v) is 5.93. The molecule has 106 valence electrons. The average molecular weight is 289 g/mol. The first-order valence-corrected chi connectivity index (χ1v) is 7.79. The Labute approximate surface area is 123 Å². The lowest BCUT2D eigenvalue weighted by Crippen LogP contribution is -2.46. The highest BCUT2D eigenvalue weighted by Gasteiger charge is 2.18. The molecule has 1 fully saturated rings. The van der Waals surface area contributed by atoms with Gasteiger partial charge in [0.25, 0.3) is 0 Å². The molecule has 3 rings (SSSR count). The van der Waals surface area contributed by atoms with Crippen molar-refractivity contribution < 1.29 is 5.11 Å². The number of rotatable bonds is 3. The summed E-state index contributed by atoms with van der Waals surface area (Å²) in [5, 5.41) is 12.7. The molecule has 0 aliphatic carbocycles. The fourth-order valence-corrected chi connectivity index (χ4v) is 3.19. The minimum atomic E-state index is -0.397. The fourth-order valence-electron chi connectivity index (χ4n) is 2.49. The molecule has 1 aromatic carbocycles. The monoisotopic (exact) mass is 289 g/mol. The van der Waals surface area contributed by atoms with Crippen LogP contribution in [0.3, 0.4) is 0 Å². The van der Waals surface area contributed by atoms with Crippen LogP contribution in [0.2, 0.25) is 0 Å². The molecule has 2 aromatic rings. The summed E-state index contributed by atoms with van der Waals surface area (Å²) >= 11 is 1.70. The quantitative estimate of drug-likeness (QED) is 0.942. The Morgan fingerprint density at radius 1 is 1.10 bits per heavy atom. The Kier molecular flexibility index (Phi) is 3.89. The maximum Gasteiger partial charge on any atom is 0.185 e. The van der Waals surface area contributed by atoms with Crippen LogP contribution >= 0.6 is 11.3 Å². The van der Waals surface area contributed by atoms with Gasteiger partial charge in [0.2, 0.25) is 0 Å². The molecular weight excluding hydrogens is 270 g/mol. The summed E-state index contributed by atoms with van der Waals surface area (Å²) in [5.74, 6) is 0. The number of benzene rings is 1. The van der Waals surface area contributed by atoms with Crippen LogP contribution in [0.5, 0.6) is 0 Å². The van der Waals surface area contributed by atoms with Crippen molar-refractivity contribution in [2.75, 3.05) is 36.0 Å². The molecule has 0 spiro atoms. The van der Waals surface area contributed by atoms with Crippen LogP contribution in [0.4, 0.5) is 10.8 Å². The molecule has 1 unspecified atom stereocenters. The third kappa shape index (κ3) is 2.78. The van der Waals surface area contributed by atoms with Gasteiger partial charge in [0.15, 0.2) is 5.13 Å². The average Bonchev–Trinajstić information content (AvgIpc) is 3.02. The number of aliphatic hydroxyl groups is 1. The highest BCUT2D eigenvalue weighted by Crippen LogP contribution is 2.23. The smallest absolute Gasteiger partial charge is 0.185 e. The van der Waals surface area contributed by atoms with Crippen molar-refractivity contribution >= 4 is 22.2 Å². The van der Waals surface area contributed by atoms with Gasteiger partial charge in [-0.05, 0) is 24.6 Å². The molecule has 0 bridgehead atoms. The van der Waals surface area contributed by atoms with E-state index in [2.05, 4.69) is 26.9 Å². The second kappa shape index (κ2) is 5.81. The molecule has 20 heavy (non-hydrogen) atoms. The lowest BCUT2D eigenvalue weighted by Gasteiger charge is -2.36. The molecule has 1 atom stereocenters. The maximum absolute atomic E-state index is 9.54. The third-order valence-corrected chi connectivity index (χ3v) is 4.54. The van der Waals surface area contributed by atoms with Gasteiger partial charge in [-0.2, -0.15) is 0 Å². The number of aromatic nitrogens is 1. The second-order valence-electron chi connectivity index (χ2n) is 5.06. The Bertz CT molecular complexity index is 531. The van der Waals surface area contributed by atoms with Gasteiger partial charge < -0.3 is 14.9 Å². The minimum Gasteiger partial charge on any atom is -0.389 e. The van der Waals surface area contributed by atoms with Crippen LogP contribution in [0.25, 0.3) is 0 Å². The number of aliphatic hydroxyl groups excluding tert-OH is 1. The number of hydrogen-bond acceptors (Lipinski definition) is 5. The molecule has 4 nitrogen and oxygen atoms in total. The Morgan fingerprint density at radius 3 is 2.30 bits per heavy atom. The van der Waals surface area contributed by atoms with E-state index in [0.29, 0.717) is 0 Å². The molecule has 1 N–H and O–H groups in total. The molecule has 1 aliphatic rings. The summed E-state index contributed by atoms with van der Waals surface area (Å²) in [4.78, 5) is 9.09. The zero-order valence-corrected chi connectivity index (χ0v) is 12.4. The van der Waals surface area contributed by atoms with Crippen molar-refractivity contribution in [1.82, 2.24) is 4.98 Å². The highest BCUT2D eigenvalue weighted by molar-refractivity contribution is 7.13. The molecule has 1 aromatic heterocycles. The van der Waals surface area contributed by atoms with Gasteiger partial charge in [0.1, 0.15) is 0 Å². The predicted octanol–water partition coefficient (Wildman–Crippen LogP) is 2.52. The van der Waals surface area contributed by atoms with Gasteiger partial charge >= 0.3 is 0 Å². The largest absolute Gasteiger partial charge is 0.389 e. The maximum atomic E-state index is 9.54. The summed E-state index contributed by atoms with van der Waals surface area (Å²) in [6.45, 7) is 5.82. The van der Waals surface area contributed by atoms with Crippen LogP contribution < -0.4 is 9.80 Å². The van der Waals surface area contributed by atoms with Crippen LogP contribution in [0, 0.1) is 0 Å². The van der Waals surface area contributed by atoms with E-state index in [0.717, 1.165) is 36.9 Å². The number of thiazole rings is 1.